The first-order valence-corrected chi connectivity index (χ1v) is 12.7. The summed E-state index contributed by atoms with van der Waals surface area (Å²) in [4.78, 5) is 39.2. The third-order valence-electron chi connectivity index (χ3n) is 5.38. The van der Waals surface area contributed by atoms with Crippen LogP contribution in [0.3, 0.4) is 0 Å². The highest BCUT2D eigenvalue weighted by Gasteiger charge is 2.36. The molecule has 1 aliphatic rings. The lowest BCUT2D eigenvalue weighted by Crippen LogP contribution is -2.36. The Hall–Kier alpha value is -3.46. The zero-order chi connectivity index (χ0) is 26.5. The Morgan fingerprint density at radius 2 is 1.86 bits per heavy atom. The van der Waals surface area contributed by atoms with Crippen molar-refractivity contribution in [2.75, 3.05) is 19.0 Å². The zero-order valence-corrected chi connectivity index (χ0v) is 22.2. The van der Waals surface area contributed by atoms with Gasteiger partial charge in [0.2, 0.25) is 5.91 Å². The number of imide groups is 1. The highest BCUT2D eigenvalue weighted by molar-refractivity contribution is 8.18. The Bertz CT molecular complexity index is 1410. The molecule has 1 fully saturated rings. The molecule has 4 rings (SSSR count). The second-order valence-electron chi connectivity index (χ2n) is 8.09. The number of nitrogens with zero attached hydrogens (tertiary/aromatic N) is 1. The largest absolute Gasteiger partial charge is 0.493 e. The third-order valence-corrected chi connectivity index (χ3v) is 6.87. The second-order valence-corrected chi connectivity index (χ2v) is 9.93. The summed E-state index contributed by atoms with van der Waals surface area (Å²) in [5.74, 6) is -0.223. The number of halogens is 2. The van der Waals surface area contributed by atoms with Crippen LogP contribution in [0.1, 0.15) is 16.7 Å². The van der Waals surface area contributed by atoms with Crippen molar-refractivity contribution >= 4 is 63.8 Å². The Labute approximate surface area is 228 Å². The molecule has 1 N–H and O–H groups in total. The summed E-state index contributed by atoms with van der Waals surface area (Å²) >= 11 is 13.0. The Morgan fingerprint density at radius 1 is 1.08 bits per heavy atom. The fraction of sp³-hybridized carbons (Fsp3) is 0.148. The van der Waals surface area contributed by atoms with E-state index in [0.29, 0.717) is 38.4 Å². The zero-order valence-electron chi connectivity index (χ0n) is 19.9. The summed E-state index contributed by atoms with van der Waals surface area (Å²) < 4.78 is 11.5. The molecule has 0 bridgehead atoms. The molecule has 3 amide bonds. The van der Waals surface area contributed by atoms with E-state index >= 15 is 0 Å². The molecule has 3 aromatic carbocycles. The van der Waals surface area contributed by atoms with E-state index in [4.69, 9.17) is 32.7 Å². The van der Waals surface area contributed by atoms with Crippen LogP contribution in [0.4, 0.5) is 10.5 Å². The molecule has 1 saturated heterocycles. The van der Waals surface area contributed by atoms with Crippen LogP contribution >= 0.6 is 35.0 Å². The standard InChI is InChI=1S/C27H22Cl2N2O5S/c1-16-5-3-7-20(11-16)30-24(32)14-31-26(33)23(37-27(31)34)12-17-6-4-8-22(35-2)25(17)36-15-18-9-10-19(28)13-21(18)29/h3-13H,14-15H2,1-2H3,(H,30,32)/b23-12+. The van der Waals surface area contributed by atoms with Gasteiger partial charge in [0.05, 0.1) is 12.0 Å². The molecule has 1 heterocycles. The summed E-state index contributed by atoms with van der Waals surface area (Å²) in [6.07, 6.45) is 1.55. The van der Waals surface area contributed by atoms with Crippen LogP contribution < -0.4 is 14.8 Å². The molecule has 0 aliphatic carbocycles. The molecule has 0 spiro atoms. The number of methoxy groups -OCH3 is 1. The highest BCUT2D eigenvalue weighted by atomic mass is 35.5. The molecule has 1 aliphatic heterocycles. The minimum absolute atomic E-state index is 0.123. The van der Waals surface area contributed by atoms with Gasteiger partial charge in [-0.3, -0.25) is 19.3 Å². The number of aryl methyl sites for hydroxylation is 1. The first kappa shape index (κ1) is 26.6. The van der Waals surface area contributed by atoms with Crippen LogP contribution in [0, 0.1) is 6.92 Å². The van der Waals surface area contributed by atoms with Gasteiger partial charge in [0.25, 0.3) is 11.1 Å². The average molecular weight is 557 g/mol. The lowest BCUT2D eigenvalue weighted by Gasteiger charge is -2.15. The van der Waals surface area contributed by atoms with Gasteiger partial charge in [0.1, 0.15) is 13.2 Å². The maximum atomic E-state index is 13.0. The fourth-order valence-corrected chi connectivity index (χ4v) is 4.89. The number of carbonyl (C=O) groups excluding carboxylic acids is 3. The summed E-state index contributed by atoms with van der Waals surface area (Å²) in [7, 11) is 1.50. The Balaban J connectivity index is 1.52. The number of anilines is 1. The summed E-state index contributed by atoms with van der Waals surface area (Å²) in [6.45, 7) is 1.63. The van der Waals surface area contributed by atoms with E-state index in [2.05, 4.69) is 5.32 Å². The van der Waals surface area contributed by atoms with Crippen molar-refractivity contribution in [1.29, 1.82) is 0 Å². The number of rotatable bonds is 8. The van der Waals surface area contributed by atoms with Crippen molar-refractivity contribution in [2.45, 2.75) is 13.5 Å². The van der Waals surface area contributed by atoms with Gasteiger partial charge in [0, 0.05) is 26.9 Å². The van der Waals surface area contributed by atoms with E-state index in [-0.39, 0.29) is 11.5 Å². The van der Waals surface area contributed by atoms with Gasteiger partial charge in [0.15, 0.2) is 11.5 Å². The molecule has 37 heavy (non-hydrogen) atoms. The molecular weight excluding hydrogens is 535 g/mol. The molecular formula is C27H22Cl2N2O5S. The molecule has 7 nitrogen and oxygen atoms in total. The molecule has 0 atom stereocenters. The average Bonchev–Trinajstić information content (AvgIpc) is 3.11. The predicted molar refractivity (Wildman–Crippen MR) is 146 cm³/mol. The lowest BCUT2D eigenvalue weighted by molar-refractivity contribution is -0.127. The normalized spacial score (nSPS) is 14.3. The molecule has 0 unspecified atom stereocenters. The van der Waals surface area contributed by atoms with Crippen LogP contribution in [-0.4, -0.2) is 35.6 Å². The molecule has 0 aromatic heterocycles. The van der Waals surface area contributed by atoms with Gasteiger partial charge in [-0.2, -0.15) is 0 Å². The van der Waals surface area contributed by atoms with Gasteiger partial charge in [-0.25, -0.2) is 0 Å². The Kier molecular flexibility index (Phi) is 8.43. The number of hydrogen-bond donors (Lipinski definition) is 1. The number of para-hydroxylation sites is 1. The minimum atomic E-state index is -0.566. The SMILES string of the molecule is COc1cccc(/C=C2/SC(=O)N(CC(=O)Nc3cccc(C)c3)C2=O)c1OCc1ccc(Cl)cc1Cl. The fourth-order valence-electron chi connectivity index (χ4n) is 3.59. The van der Waals surface area contributed by atoms with E-state index in [1.165, 1.54) is 7.11 Å². The number of hydrogen-bond acceptors (Lipinski definition) is 6. The smallest absolute Gasteiger partial charge is 0.294 e. The van der Waals surface area contributed by atoms with Crippen molar-refractivity contribution in [3.8, 4) is 11.5 Å². The van der Waals surface area contributed by atoms with Crippen molar-refractivity contribution in [1.82, 2.24) is 4.90 Å². The number of amides is 3. The quantitative estimate of drug-likeness (QED) is 0.316. The van der Waals surface area contributed by atoms with Crippen LogP contribution in [0.15, 0.2) is 65.6 Å². The van der Waals surface area contributed by atoms with E-state index in [9.17, 15) is 14.4 Å². The number of carbonyl (C=O) groups is 3. The van der Waals surface area contributed by atoms with E-state index in [0.717, 1.165) is 22.2 Å². The lowest BCUT2D eigenvalue weighted by atomic mass is 10.1. The van der Waals surface area contributed by atoms with Gasteiger partial charge in [-0.15, -0.1) is 0 Å². The van der Waals surface area contributed by atoms with Crippen LogP contribution in [0.5, 0.6) is 11.5 Å². The monoisotopic (exact) mass is 556 g/mol. The van der Waals surface area contributed by atoms with E-state index in [1.807, 2.05) is 19.1 Å². The van der Waals surface area contributed by atoms with E-state index < -0.39 is 23.6 Å². The van der Waals surface area contributed by atoms with E-state index in [1.54, 1.807) is 54.6 Å². The number of benzene rings is 3. The van der Waals surface area contributed by atoms with Gasteiger partial charge >= 0.3 is 0 Å². The number of thioether (sulfide) groups is 1. The van der Waals surface area contributed by atoms with Gasteiger partial charge in [-0.05, 0) is 60.7 Å². The first-order chi connectivity index (χ1) is 17.7. The van der Waals surface area contributed by atoms with Gasteiger partial charge < -0.3 is 14.8 Å². The highest BCUT2D eigenvalue weighted by Crippen LogP contribution is 2.38. The molecule has 190 valence electrons. The van der Waals surface area contributed by atoms with Crippen molar-refractivity contribution in [3.05, 3.63) is 92.3 Å². The summed E-state index contributed by atoms with van der Waals surface area (Å²) in [5, 5.41) is 3.14. The van der Waals surface area contributed by atoms with Crippen molar-refractivity contribution in [3.63, 3.8) is 0 Å². The maximum Gasteiger partial charge on any atom is 0.294 e. The molecule has 0 radical (unpaired) electrons. The summed E-state index contributed by atoms with van der Waals surface area (Å²) in [6, 6.07) is 17.5. The van der Waals surface area contributed by atoms with Crippen molar-refractivity contribution < 1.29 is 23.9 Å². The first-order valence-electron chi connectivity index (χ1n) is 11.1. The molecule has 3 aromatic rings. The second kappa shape index (κ2) is 11.7. The summed E-state index contributed by atoms with van der Waals surface area (Å²) in [5.41, 5.74) is 2.80. The topological polar surface area (TPSA) is 84.9 Å². The van der Waals surface area contributed by atoms with Crippen LogP contribution in [0.25, 0.3) is 6.08 Å². The molecule has 10 heteroatoms. The predicted octanol–water partition coefficient (Wildman–Crippen LogP) is 6.56. The maximum absolute atomic E-state index is 13.0. The van der Waals surface area contributed by atoms with Gasteiger partial charge in [-0.1, -0.05) is 53.5 Å². The van der Waals surface area contributed by atoms with Crippen LogP contribution in [-0.2, 0) is 16.2 Å². The van der Waals surface area contributed by atoms with Crippen molar-refractivity contribution in [2.24, 2.45) is 0 Å². The third kappa shape index (κ3) is 6.46. The minimum Gasteiger partial charge on any atom is -0.493 e. The van der Waals surface area contributed by atoms with Crippen LogP contribution in [0.2, 0.25) is 10.0 Å². The number of ether oxygens (including phenoxy) is 2. The number of nitrogens with one attached hydrogen (secondary N) is 1. The molecule has 0 saturated carbocycles. The Morgan fingerprint density at radius 3 is 2.59 bits per heavy atom.